The second-order valence-electron chi connectivity index (χ2n) is 7.70. The van der Waals surface area contributed by atoms with Crippen LogP contribution in [-0.4, -0.2) is 24.5 Å². The third kappa shape index (κ3) is 4.22. The fourth-order valence-electron chi connectivity index (χ4n) is 4.26. The molecule has 2 aliphatic rings. The van der Waals surface area contributed by atoms with Crippen molar-refractivity contribution in [2.45, 2.75) is 19.3 Å². The monoisotopic (exact) mass is 451 g/mol. The van der Waals surface area contributed by atoms with Gasteiger partial charge < -0.3 is 10.5 Å². The predicted molar refractivity (Wildman–Crippen MR) is 125 cm³/mol. The molecule has 0 saturated carbocycles. The summed E-state index contributed by atoms with van der Waals surface area (Å²) in [7, 11) is 0. The first-order chi connectivity index (χ1) is 15.0. The molecule has 31 heavy (non-hydrogen) atoms. The third-order valence-electron chi connectivity index (χ3n) is 5.60. The Morgan fingerprint density at radius 1 is 1.13 bits per heavy atom. The number of benzene rings is 2. The molecule has 158 valence electrons. The molecule has 0 amide bonds. The van der Waals surface area contributed by atoms with E-state index in [9.17, 15) is 5.26 Å². The van der Waals surface area contributed by atoms with Crippen molar-refractivity contribution >= 4 is 29.3 Å². The normalized spacial score (nSPS) is 20.5. The standard InChI is InChI=1S/C25H23Cl2N3O/c1-2-11-30-14-17(12-16-7-3-5-9-21(16)26)24-20(15-30)23(19(13-28)25(29)31-24)18-8-4-6-10-22(18)27/h3-10,12,23H,2,11,14-15,29H2,1H3/b17-12+/t23-/m0/s1. The van der Waals surface area contributed by atoms with Crippen molar-refractivity contribution in [1.82, 2.24) is 4.90 Å². The molecule has 0 saturated heterocycles. The van der Waals surface area contributed by atoms with Crippen LogP contribution in [0, 0.1) is 11.3 Å². The molecule has 0 radical (unpaired) electrons. The minimum absolute atomic E-state index is 0.125. The molecule has 0 bridgehead atoms. The summed E-state index contributed by atoms with van der Waals surface area (Å²) in [6.07, 6.45) is 3.07. The lowest BCUT2D eigenvalue weighted by Crippen LogP contribution is -2.38. The van der Waals surface area contributed by atoms with Crippen molar-refractivity contribution in [2.75, 3.05) is 19.6 Å². The van der Waals surface area contributed by atoms with Gasteiger partial charge in [0, 0.05) is 28.7 Å². The van der Waals surface area contributed by atoms with Crippen LogP contribution < -0.4 is 5.73 Å². The van der Waals surface area contributed by atoms with Crippen LogP contribution >= 0.6 is 23.2 Å². The fraction of sp³-hybridized carbons (Fsp3) is 0.240. The minimum atomic E-state index is -0.350. The number of ether oxygens (including phenoxy) is 1. The van der Waals surface area contributed by atoms with Crippen LogP contribution in [0.25, 0.3) is 6.08 Å². The number of allylic oxidation sites excluding steroid dienone is 1. The van der Waals surface area contributed by atoms with Gasteiger partial charge in [0.25, 0.3) is 0 Å². The van der Waals surface area contributed by atoms with E-state index >= 15 is 0 Å². The first-order valence-electron chi connectivity index (χ1n) is 10.3. The Hall–Kier alpha value is -2.71. The highest BCUT2D eigenvalue weighted by Gasteiger charge is 2.38. The molecular weight excluding hydrogens is 429 g/mol. The average molecular weight is 452 g/mol. The molecule has 0 fully saturated rings. The van der Waals surface area contributed by atoms with E-state index in [2.05, 4.69) is 17.9 Å². The van der Waals surface area contributed by atoms with Gasteiger partial charge in [-0.25, -0.2) is 0 Å². The maximum Gasteiger partial charge on any atom is 0.205 e. The Balaban J connectivity index is 1.91. The fourth-order valence-corrected chi connectivity index (χ4v) is 4.70. The van der Waals surface area contributed by atoms with Crippen molar-refractivity contribution in [1.29, 1.82) is 5.26 Å². The Labute approximate surface area is 192 Å². The predicted octanol–water partition coefficient (Wildman–Crippen LogP) is 5.86. The van der Waals surface area contributed by atoms with Crippen molar-refractivity contribution in [3.05, 3.63) is 98.1 Å². The average Bonchev–Trinajstić information content (AvgIpc) is 2.76. The second-order valence-corrected chi connectivity index (χ2v) is 8.52. The molecule has 0 aromatic heterocycles. The molecule has 4 nitrogen and oxygen atoms in total. The lowest BCUT2D eigenvalue weighted by atomic mass is 9.80. The number of rotatable bonds is 4. The van der Waals surface area contributed by atoms with Crippen molar-refractivity contribution in [3.8, 4) is 6.07 Å². The van der Waals surface area contributed by atoms with Gasteiger partial charge >= 0.3 is 0 Å². The number of nitrogens with zero attached hydrogens (tertiary/aromatic N) is 2. The number of hydrogen-bond donors (Lipinski definition) is 1. The topological polar surface area (TPSA) is 62.3 Å². The van der Waals surface area contributed by atoms with Crippen molar-refractivity contribution < 1.29 is 4.74 Å². The Kier molecular flexibility index (Phi) is 6.38. The van der Waals surface area contributed by atoms with Gasteiger partial charge in [0.15, 0.2) is 0 Å². The zero-order valence-electron chi connectivity index (χ0n) is 17.2. The summed E-state index contributed by atoms with van der Waals surface area (Å²) in [6.45, 7) is 4.47. The molecule has 4 rings (SSSR count). The van der Waals surface area contributed by atoms with Gasteiger partial charge in [-0.1, -0.05) is 66.5 Å². The maximum atomic E-state index is 9.90. The van der Waals surface area contributed by atoms with Crippen LogP contribution in [0.3, 0.4) is 0 Å². The highest BCUT2D eigenvalue weighted by atomic mass is 35.5. The summed E-state index contributed by atoms with van der Waals surface area (Å²) in [6, 6.07) is 17.6. The Morgan fingerprint density at radius 3 is 2.52 bits per heavy atom. The number of halogens is 2. The van der Waals surface area contributed by atoms with E-state index in [0.29, 0.717) is 34.5 Å². The van der Waals surface area contributed by atoms with Gasteiger partial charge in [-0.05, 0) is 47.9 Å². The van der Waals surface area contributed by atoms with Crippen LogP contribution in [0.15, 0.2) is 76.9 Å². The first-order valence-corrected chi connectivity index (χ1v) is 11.0. The van der Waals surface area contributed by atoms with Gasteiger partial charge in [-0.2, -0.15) is 5.26 Å². The van der Waals surface area contributed by atoms with Crippen LogP contribution in [0.1, 0.15) is 30.4 Å². The molecule has 6 heteroatoms. The van der Waals surface area contributed by atoms with E-state index in [0.717, 1.165) is 35.2 Å². The molecule has 0 aliphatic carbocycles. The van der Waals surface area contributed by atoms with E-state index in [1.807, 2.05) is 54.6 Å². The van der Waals surface area contributed by atoms with E-state index < -0.39 is 0 Å². The summed E-state index contributed by atoms with van der Waals surface area (Å²) in [5.74, 6) is 0.491. The van der Waals surface area contributed by atoms with E-state index in [-0.39, 0.29) is 11.8 Å². The van der Waals surface area contributed by atoms with Crippen LogP contribution in [0.5, 0.6) is 0 Å². The summed E-state index contributed by atoms with van der Waals surface area (Å²) in [5, 5.41) is 11.2. The second kappa shape index (κ2) is 9.20. The third-order valence-corrected chi connectivity index (χ3v) is 6.29. The highest BCUT2D eigenvalue weighted by molar-refractivity contribution is 6.32. The largest absolute Gasteiger partial charge is 0.440 e. The van der Waals surface area contributed by atoms with Gasteiger partial charge in [-0.3, -0.25) is 4.90 Å². The zero-order valence-corrected chi connectivity index (χ0v) is 18.7. The van der Waals surface area contributed by atoms with Crippen LogP contribution in [-0.2, 0) is 4.74 Å². The molecular formula is C25H23Cl2N3O. The number of nitriles is 1. The van der Waals surface area contributed by atoms with Crippen molar-refractivity contribution in [3.63, 3.8) is 0 Å². The first kappa shape index (κ1) is 21.5. The molecule has 0 spiro atoms. The summed E-state index contributed by atoms with van der Waals surface area (Å²) < 4.78 is 6.07. The number of nitrogens with two attached hydrogens (primary N) is 1. The van der Waals surface area contributed by atoms with Crippen molar-refractivity contribution in [2.24, 2.45) is 5.73 Å². The van der Waals surface area contributed by atoms with E-state index in [1.54, 1.807) is 0 Å². The molecule has 2 heterocycles. The van der Waals surface area contributed by atoms with Crippen LogP contribution in [0.2, 0.25) is 10.0 Å². The molecule has 2 aromatic rings. The maximum absolute atomic E-state index is 9.90. The van der Waals surface area contributed by atoms with Gasteiger partial charge in [0.1, 0.15) is 17.4 Å². The summed E-state index contributed by atoms with van der Waals surface area (Å²) in [5.41, 5.74) is 10.4. The molecule has 1 atom stereocenters. The SMILES string of the molecule is CCCN1CC2=C(OC(N)=C(C#N)[C@@H]2c2ccccc2Cl)/C(=C/c2ccccc2Cl)C1. The molecule has 0 unspecified atom stereocenters. The summed E-state index contributed by atoms with van der Waals surface area (Å²) in [4.78, 5) is 2.35. The lowest BCUT2D eigenvalue weighted by molar-refractivity contribution is 0.234. The zero-order chi connectivity index (χ0) is 22.0. The van der Waals surface area contributed by atoms with Gasteiger partial charge in [-0.15, -0.1) is 0 Å². The molecule has 2 N–H and O–H groups in total. The quantitative estimate of drug-likeness (QED) is 0.631. The van der Waals surface area contributed by atoms with E-state index in [4.69, 9.17) is 33.7 Å². The Morgan fingerprint density at radius 2 is 1.84 bits per heavy atom. The lowest BCUT2D eigenvalue weighted by Gasteiger charge is -2.38. The minimum Gasteiger partial charge on any atom is -0.440 e. The molecule has 2 aliphatic heterocycles. The van der Waals surface area contributed by atoms with Gasteiger partial charge in [0.05, 0.1) is 5.92 Å². The number of hydrogen-bond acceptors (Lipinski definition) is 4. The summed E-state index contributed by atoms with van der Waals surface area (Å²) >= 11 is 13.0. The highest BCUT2D eigenvalue weighted by Crippen LogP contribution is 2.45. The molecule has 2 aromatic carbocycles. The van der Waals surface area contributed by atoms with Crippen LogP contribution in [0.4, 0.5) is 0 Å². The van der Waals surface area contributed by atoms with E-state index in [1.165, 1.54) is 0 Å². The van der Waals surface area contributed by atoms with Gasteiger partial charge in [0.2, 0.25) is 5.88 Å². The Bertz CT molecular complexity index is 1140. The smallest absolute Gasteiger partial charge is 0.205 e.